The molecule has 15 heavy (non-hydrogen) atoms. The third kappa shape index (κ3) is 1.75. The maximum absolute atomic E-state index is 13.3. The van der Waals surface area contributed by atoms with E-state index in [1.54, 1.807) is 13.0 Å². The van der Waals surface area contributed by atoms with Gasteiger partial charge in [0, 0.05) is 0 Å². The van der Waals surface area contributed by atoms with E-state index in [0.717, 1.165) is 17.2 Å². The SMILES string of the molecule is Cc1c(-c2ccccc2)ccc(F)c1F. The lowest BCUT2D eigenvalue weighted by Gasteiger charge is -2.07. The zero-order valence-corrected chi connectivity index (χ0v) is 8.30. The van der Waals surface area contributed by atoms with Crippen molar-refractivity contribution < 1.29 is 8.78 Å². The van der Waals surface area contributed by atoms with Crippen molar-refractivity contribution in [1.82, 2.24) is 0 Å². The van der Waals surface area contributed by atoms with Crippen molar-refractivity contribution in [2.75, 3.05) is 0 Å². The van der Waals surface area contributed by atoms with Crippen molar-refractivity contribution in [3.05, 3.63) is 59.7 Å². The second-order valence-electron chi connectivity index (χ2n) is 3.40. The third-order valence-corrected chi connectivity index (χ3v) is 2.42. The Hall–Kier alpha value is -1.70. The van der Waals surface area contributed by atoms with Gasteiger partial charge in [-0.1, -0.05) is 36.4 Å². The Morgan fingerprint density at radius 2 is 1.53 bits per heavy atom. The van der Waals surface area contributed by atoms with Gasteiger partial charge < -0.3 is 0 Å². The minimum absolute atomic E-state index is 0.348. The fourth-order valence-corrected chi connectivity index (χ4v) is 1.58. The lowest BCUT2D eigenvalue weighted by atomic mass is 10.0. The van der Waals surface area contributed by atoms with Gasteiger partial charge in [0.15, 0.2) is 11.6 Å². The molecule has 2 rings (SSSR count). The summed E-state index contributed by atoms with van der Waals surface area (Å²) in [5.74, 6) is -1.57. The van der Waals surface area contributed by atoms with Gasteiger partial charge in [0.05, 0.1) is 0 Å². The van der Waals surface area contributed by atoms with Crippen LogP contribution in [-0.4, -0.2) is 0 Å². The molecule has 0 spiro atoms. The van der Waals surface area contributed by atoms with Crippen molar-refractivity contribution in [1.29, 1.82) is 0 Å². The fraction of sp³-hybridized carbons (Fsp3) is 0.0769. The first kappa shape index (κ1) is 9.84. The molecule has 0 aliphatic carbocycles. The van der Waals surface area contributed by atoms with E-state index in [2.05, 4.69) is 0 Å². The molecular formula is C13H10F2. The number of halogens is 2. The number of rotatable bonds is 1. The minimum atomic E-state index is -0.799. The number of hydrogen-bond donors (Lipinski definition) is 0. The number of benzene rings is 2. The monoisotopic (exact) mass is 204 g/mol. The van der Waals surface area contributed by atoms with Crippen molar-refractivity contribution in [3.8, 4) is 11.1 Å². The van der Waals surface area contributed by atoms with Crippen LogP contribution in [0.2, 0.25) is 0 Å². The molecule has 0 radical (unpaired) electrons. The van der Waals surface area contributed by atoms with E-state index in [-0.39, 0.29) is 0 Å². The molecule has 0 heterocycles. The zero-order valence-electron chi connectivity index (χ0n) is 8.30. The lowest BCUT2D eigenvalue weighted by Crippen LogP contribution is -1.92. The van der Waals surface area contributed by atoms with E-state index >= 15 is 0 Å². The maximum Gasteiger partial charge on any atom is 0.162 e. The van der Waals surface area contributed by atoms with Crippen LogP contribution < -0.4 is 0 Å². The summed E-state index contributed by atoms with van der Waals surface area (Å²) in [7, 11) is 0. The maximum atomic E-state index is 13.3. The minimum Gasteiger partial charge on any atom is -0.204 e. The molecule has 0 amide bonds. The van der Waals surface area contributed by atoms with E-state index in [4.69, 9.17) is 0 Å². The molecule has 2 aromatic rings. The molecule has 0 saturated heterocycles. The fourth-order valence-electron chi connectivity index (χ4n) is 1.58. The van der Waals surface area contributed by atoms with Crippen LogP contribution >= 0.6 is 0 Å². The molecule has 0 bridgehead atoms. The molecule has 0 unspecified atom stereocenters. The van der Waals surface area contributed by atoms with Gasteiger partial charge in [0.2, 0.25) is 0 Å². The van der Waals surface area contributed by atoms with Crippen LogP contribution in [0.1, 0.15) is 5.56 Å². The van der Waals surface area contributed by atoms with Crippen LogP contribution in [0.4, 0.5) is 8.78 Å². The average Bonchev–Trinajstić information content (AvgIpc) is 2.27. The summed E-state index contributed by atoms with van der Waals surface area (Å²) < 4.78 is 26.2. The molecule has 0 aliphatic heterocycles. The van der Waals surface area contributed by atoms with Gasteiger partial charge in [-0.05, 0) is 29.7 Å². The van der Waals surface area contributed by atoms with Gasteiger partial charge in [-0.2, -0.15) is 0 Å². The molecule has 0 atom stereocenters. The largest absolute Gasteiger partial charge is 0.204 e. The van der Waals surface area contributed by atoms with Gasteiger partial charge in [-0.3, -0.25) is 0 Å². The Morgan fingerprint density at radius 3 is 2.20 bits per heavy atom. The van der Waals surface area contributed by atoms with Crippen molar-refractivity contribution in [2.45, 2.75) is 6.92 Å². The lowest BCUT2D eigenvalue weighted by molar-refractivity contribution is 0.503. The van der Waals surface area contributed by atoms with Gasteiger partial charge in [-0.25, -0.2) is 8.78 Å². The summed E-state index contributed by atoms with van der Waals surface area (Å²) in [5.41, 5.74) is 1.98. The normalized spacial score (nSPS) is 10.3. The summed E-state index contributed by atoms with van der Waals surface area (Å²) in [6, 6.07) is 12.1. The van der Waals surface area contributed by atoms with Crippen LogP contribution in [0, 0.1) is 18.6 Å². The molecule has 0 aliphatic rings. The van der Waals surface area contributed by atoms with Crippen LogP contribution in [-0.2, 0) is 0 Å². The molecule has 0 saturated carbocycles. The van der Waals surface area contributed by atoms with E-state index in [1.165, 1.54) is 0 Å². The Labute approximate surface area is 87.2 Å². The quantitative estimate of drug-likeness (QED) is 0.660. The predicted octanol–water partition coefficient (Wildman–Crippen LogP) is 3.94. The molecule has 2 heteroatoms. The summed E-state index contributed by atoms with van der Waals surface area (Å²) in [6.45, 7) is 1.58. The van der Waals surface area contributed by atoms with Crippen LogP contribution in [0.15, 0.2) is 42.5 Å². The highest BCUT2D eigenvalue weighted by atomic mass is 19.2. The molecular weight excluding hydrogens is 194 g/mol. The summed E-state index contributed by atoms with van der Waals surface area (Å²) in [4.78, 5) is 0. The third-order valence-electron chi connectivity index (χ3n) is 2.42. The van der Waals surface area contributed by atoms with Crippen LogP contribution in [0.25, 0.3) is 11.1 Å². The summed E-state index contributed by atoms with van der Waals surface area (Å²) in [5, 5.41) is 0. The Balaban J connectivity index is 2.60. The molecule has 0 fully saturated rings. The average molecular weight is 204 g/mol. The predicted molar refractivity (Wildman–Crippen MR) is 56.5 cm³/mol. The van der Waals surface area contributed by atoms with E-state index in [0.29, 0.717) is 5.56 Å². The Morgan fingerprint density at radius 1 is 0.867 bits per heavy atom. The van der Waals surface area contributed by atoms with Gasteiger partial charge in [0.25, 0.3) is 0 Å². The highest BCUT2D eigenvalue weighted by Gasteiger charge is 2.10. The van der Waals surface area contributed by atoms with Gasteiger partial charge >= 0.3 is 0 Å². The van der Waals surface area contributed by atoms with Gasteiger partial charge in [-0.15, -0.1) is 0 Å². The van der Waals surface area contributed by atoms with Crippen molar-refractivity contribution in [2.24, 2.45) is 0 Å². The summed E-state index contributed by atoms with van der Waals surface area (Å²) >= 11 is 0. The highest BCUT2D eigenvalue weighted by Crippen LogP contribution is 2.25. The van der Waals surface area contributed by atoms with E-state index < -0.39 is 11.6 Å². The first-order chi connectivity index (χ1) is 7.20. The second-order valence-corrected chi connectivity index (χ2v) is 3.40. The molecule has 76 valence electrons. The molecule has 0 N–H and O–H groups in total. The topological polar surface area (TPSA) is 0 Å². The first-order valence-electron chi connectivity index (χ1n) is 4.70. The molecule has 0 aromatic heterocycles. The van der Waals surface area contributed by atoms with E-state index in [9.17, 15) is 8.78 Å². The van der Waals surface area contributed by atoms with Crippen molar-refractivity contribution >= 4 is 0 Å². The summed E-state index contributed by atoms with van der Waals surface area (Å²) in [6.07, 6.45) is 0. The second kappa shape index (κ2) is 3.81. The smallest absolute Gasteiger partial charge is 0.162 e. The Kier molecular flexibility index (Phi) is 2.50. The van der Waals surface area contributed by atoms with Gasteiger partial charge in [0.1, 0.15) is 0 Å². The van der Waals surface area contributed by atoms with Crippen LogP contribution in [0.3, 0.4) is 0 Å². The molecule has 0 nitrogen and oxygen atoms in total. The number of hydrogen-bond acceptors (Lipinski definition) is 0. The first-order valence-corrected chi connectivity index (χ1v) is 4.70. The molecule has 2 aromatic carbocycles. The zero-order chi connectivity index (χ0) is 10.8. The van der Waals surface area contributed by atoms with Crippen molar-refractivity contribution in [3.63, 3.8) is 0 Å². The van der Waals surface area contributed by atoms with E-state index in [1.807, 2.05) is 30.3 Å². The standard InChI is InChI=1S/C13H10F2/c1-9-11(7-8-12(14)13(9)15)10-5-3-2-4-6-10/h2-8H,1H3. The van der Waals surface area contributed by atoms with Crippen LogP contribution in [0.5, 0.6) is 0 Å². The highest BCUT2D eigenvalue weighted by molar-refractivity contribution is 5.67. The Bertz CT molecular complexity index is 475.